The number of rotatable bonds is 4. The van der Waals surface area contributed by atoms with Crippen molar-refractivity contribution in [2.24, 2.45) is 0 Å². The number of nitrogens with zero attached hydrogens (tertiary/aromatic N) is 3. The molecular weight excluding hydrogens is 454 g/mol. The van der Waals surface area contributed by atoms with E-state index in [1.54, 1.807) is 6.20 Å². The second-order valence-corrected chi connectivity index (χ2v) is 8.93. The average Bonchev–Trinajstić information content (AvgIpc) is 3.36. The predicted molar refractivity (Wildman–Crippen MR) is 149 cm³/mol. The highest BCUT2D eigenvalue weighted by Crippen LogP contribution is 2.48. The summed E-state index contributed by atoms with van der Waals surface area (Å²) in [5.74, 6) is 0. The monoisotopic (exact) mass is 475 g/mol. The first-order valence-corrected chi connectivity index (χ1v) is 12.2. The summed E-state index contributed by atoms with van der Waals surface area (Å²) < 4.78 is 6.36. The van der Waals surface area contributed by atoms with Gasteiger partial charge in [-0.15, -0.1) is 10.2 Å². The molecule has 4 nitrogen and oxygen atoms in total. The van der Waals surface area contributed by atoms with Gasteiger partial charge in [-0.3, -0.25) is 0 Å². The summed E-state index contributed by atoms with van der Waals surface area (Å²) in [5, 5.41) is 14.5. The normalized spacial score (nSPS) is 11.2. The highest BCUT2D eigenvalue weighted by atomic mass is 16.3. The molecule has 4 heteroatoms. The fraction of sp³-hybridized carbons (Fsp3) is 0. The van der Waals surface area contributed by atoms with Crippen LogP contribution in [0.1, 0.15) is 0 Å². The Morgan fingerprint density at radius 3 is 1.89 bits per heavy atom. The maximum absolute atomic E-state index is 6.36. The highest BCUT2D eigenvalue weighted by molar-refractivity contribution is 6.18. The third-order valence-corrected chi connectivity index (χ3v) is 6.81. The van der Waals surface area contributed by atoms with Gasteiger partial charge in [-0.25, -0.2) is 0 Å². The lowest BCUT2D eigenvalue weighted by atomic mass is 9.83. The average molecular weight is 476 g/mol. The van der Waals surface area contributed by atoms with E-state index >= 15 is 0 Å². The van der Waals surface area contributed by atoms with Crippen LogP contribution in [0.25, 0.3) is 66.6 Å². The van der Waals surface area contributed by atoms with E-state index < -0.39 is 0 Å². The number of benzene rings is 5. The van der Waals surface area contributed by atoms with E-state index in [1.165, 1.54) is 0 Å². The van der Waals surface area contributed by atoms with E-state index in [-0.39, 0.29) is 0 Å². The summed E-state index contributed by atoms with van der Waals surface area (Å²) in [6.45, 7) is 0. The molecule has 0 fully saturated rings. The van der Waals surface area contributed by atoms with Crippen LogP contribution in [0.4, 0.5) is 0 Å². The maximum Gasteiger partial charge on any atom is 0.136 e. The van der Waals surface area contributed by atoms with Gasteiger partial charge in [0.05, 0.1) is 11.9 Å². The lowest BCUT2D eigenvalue weighted by molar-refractivity contribution is 0.669. The van der Waals surface area contributed by atoms with Gasteiger partial charge in [0.15, 0.2) is 0 Å². The van der Waals surface area contributed by atoms with Crippen LogP contribution in [0, 0.1) is 0 Å². The van der Waals surface area contributed by atoms with Crippen LogP contribution in [0.15, 0.2) is 132 Å². The molecule has 7 rings (SSSR count). The highest BCUT2D eigenvalue weighted by Gasteiger charge is 2.23. The van der Waals surface area contributed by atoms with Crippen LogP contribution in [0.3, 0.4) is 0 Å². The molecule has 0 aliphatic carbocycles. The molecule has 0 atom stereocenters. The molecule has 0 bridgehead atoms. The predicted octanol–water partition coefficient (Wildman–Crippen LogP) is 8.44. The van der Waals surface area contributed by atoms with Crippen LogP contribution in [0.2, 0.25) is 0 Å². The Morgan fingerprint density at radius 1 is 0.486 bits per heavy atom. The van der Waals surface area contributed by atoms with E-state index in [4.69, 9.17) is 4.42 Å². The number of hydrogen-bond acceptors (Lipinski definition) is 4. The van der Waals surface area contributed by atoms with E-state index in [1.807, 2.05) is 30.3 Å². The van der Waals surface area contributed by atoms with E-state index in [0.29, 0.717) is 0 Å². The van der Waals surface area contributed by atoms with Crippen LogP contribution >= 0.6 is 0 Å². The quantitative estimate of drug-likeness (QED) is 0.256. The summed E-state index contributed by atoms with van der Waals surface area (Å²) in [7, 11) is 0. The van der Waals surface area contributed by atoms with Gasteiger partial charge in [0.25, 0.3) is 0 Å². The Bertz CT molecular complexity index is 1800. The number of para-hydroxylation sites is 1. The summed E-state index contributed by atoms with van der Waals surface area (Å²) in [5.41, 5.74) is 10.2. The molecule has 5 aromatic carbocycles. The van der Waals surface area contributed by atoms with Gasteiger partial charge in [-0.05, 0) is 45.7 Å². The first kappa shape index (κ1) is 21.2. The molecule has 0 saturated carbocycles. The molecule has 37 heavy (non-hydrogen) atoms. The van der Waals surface area contributed by atoms with Crippen molar-refractivity contribution < 1.29 is 4.42 Å². The minimum absolute atomic E-state index is 0.770. The molecule has 2 heterocycles. The van der Waals surface area contributed by atoms with Gasteiger partial charge in [0.1, 0.15) is 11.2 Å². The Labute approximate surface area is 213 Å². The minimum Gasteiger partial charge on any atom is -0.456 e. The van der Waals surface area contributed by atoms with Gasteiger partial charge < -0.3 is 4.42 Å². The van der Waals surface area contributed by atoms with Gasteiger partial charge in [-0.2, -0.15) is 0 Å². The topological polar surface area (TPSA) is 51.8 Å². The van der Waals surface area contributed by atoms with Crippen molar-refractivity contribution in [2.45, 2.75) is 0 Å². The molecule has 0 aliphatic heterocycles. The van der Waals surface area contributed by atoms with Crippen LogP contribution < -0.4 is 0 Å². The molecule has 0 aliphatic rings. The zero-order valence-corrected chi connectivity index (χ0v) is 19.9. The van der Waals surface area contributed by atoms with Crippen molar-refractivity contribution in [2.75, 3.05) is 0 Å². The molecule has 0 radical (unpaired) electrons. The summed E-state index contributed by atoms with van der Waals surface area (Å²) in [6, 6.07) is 41.8. The van der Waals surface area contributed by atoms with Crippen LogP contribution in [-0.2, 0) is 0 Å². The van der Waals surface area contributed by atoms with Crippen molar-refractivity contribution in [1.29, 1.82) is 0 Å². The van der Waals surface area contributed by atoms with Crippen molar-refractivity contribution in [3.8, 4) is 44.6 Å². The lowest BCUT2D eigenvalue weighted by Crippen LogP contribution is -1.96. The van der Waals surface area contributed by atoms with Gasteiger partial charge >= 0.3 is 0 Å². The standard InChI is InChI=1S/C33H21N3O/c1-3-10-22(11-4-1)24-15-9-16-26(28-20-21-34-36-35-28)31(24)33-25(23-12-5-2-6-13-23)18-19-30-32(33)27-14-7-8-17-29(27)37-30/h1-21H. The Balaban J connectivity index is 1.70. The zero-order chi connectivity index (χ0) is 24.6. The molecule has 0 amide bonds. The Hall–Kier alpha value is -5.09. The smallest absolute Gasteiger partial charge is 0.136 e. The first-order chi connectivity index (χ1) is 18.4. The zero-order valence-electron chi connectivity index (χ0n) is 19.9. The molecule has 0 N–H and O–H groups in total. The number of hydrogen-bond donors (Lipinski definition) is 0. The second kappa shape index (κ2) is 8.85. The summed E-state index contributed by atoms with van der Waals surface area (Å²) >= 11 is 0. The Morgan fingerprint density at radius 2 is 1.16 bits per heavy atom. The van der Waals surface area contributed by atoms with Crippen molar-refractivity contribution in [1.82, 2.24) is 15.4 Å². The third kappa shape index (κ3) is 3.58. The third-order valence-electron chi connectivity index (χ3n) is 6.81. The number of aromatic nitrogens is 3. The molecule has 0 saturated heterocycles. The van der Waals surface area contributed by atoms with Gasteiger partial charge in [0, 0.05) is 27.5 Å². The molecule has 7 aromatic rings. The molecule has 174 valence electrons. The summed E-state index contributed by atoms with van der Waals surface area (Å²) in [4.78, 5) is 0. The van der Waals surface area contributed by atoms with E-state index in [2.05, 4.69) is 106 Å². The largest absolute Gasteiger partial charge is 0.456 e. The van der Waals surface area contributed by atoms with E-state index in [0.717, 1.165) is 66.6 Å². The molecule has 2 aromatic heterocycles. The van der Waals surface area contributed by atoms with Crippen molar-refractivity contribution >= 4 is 21.9 Å². The minimum atomic E-state index is 0.770. The van der Waals surface area contributed by atoms with Crippen molar-refractivity contribution in [3.63, 3.8) is 0 Å². The molecular formula is C33H21N3O. The van der Waals surface area contributed by atoms with E-state index in [9.17, 15) is 0 Å². The van der Waals surface area contributed by atoms with Gasteiger partial charge in [0.2, 0.25) is 0 Å². The summed E-state index contributed by atoms with van der Waals surface area (Å²) in [6.07, 6.45) is 1.69. The number of fused-ring (bicyclic) bond motifs is 3. The van der Waals surface area contributed by atoms with Gasteiger partial charge in [-0.1, -0.05) is 103 Å². The molecule has 0 spiro atoms. The van der Waals surface area contributed by atoms with Crippen LogP contribution in [0.5, 0.6) is 0 Å². The fourth-order valence-electron chi connectivity index (χ4n) is 5.21. The number of furan rings is 1. The second-order valence-electron chi connectivity index (χ2n) is 8.93. The first-order valence-electron chi connectivity index (χ1n) is 12.2. The fourth-order valence-corrected chi connectivity index (χ4v) is 5.21. The SMILES string of the molecule is c1ccc(-c2cccc(-c3ccnnn3)c2-c2c(-c3ccccc3)ccc3oc4ccccc4c23)cc1. The van der Waals surface area contributed by atoms with Crippen molar-refractivity contribution in [3.05, 3.63) is 128 Å². The maximum atomic E-state index is 6.36. The van der Waals surface area contributed by atoms with Crippen LogP contribution in [-0.4, -0.2) is 15.4 Å². The Kier molecular flexibility index (Phi) is 5.07. The lowest BCUT2D eigenvalue weighted by Gasteiger charge is -2.19. The molecule has 0 unspecified atom stereocenters.